The Morgan fingerprint density at radius 3 is 2.08 bits per heavy atom. The van der Waals surface area contributed by atoms with E-state index in [1.54, 1.807) is 48.5 Å². The molecule has 3 N–H and O–H groups in total. The van der Waals surface area contributed by atoms with E-state index in [1.165, 1.54) is 0 Å². The number of carbonyl (C=O) groups excluding carboxylic acids is 2. The first-order valence-electron chi connectivity index (χ1n) is 8.47. The minimum absolute atomic E-state index is 0.412. The molecule has 0 aromatic heterocycles. The van der Waals surface area contributed by atoms with Gasteiger partial charge in [-0.2, -0.15) is 0 Å². The Balaban J connectivity index is 4.68. The number of nitrogens with zero attached hydrogens (tertiary/aromatic N) is 1. The smallest absolute Gasteiger partial charge is 0.408 e. The summed E-state index contributed by atoms with van der Waals surface area (Å²) in [5.74, 6) is -0.0642. The van der Waals surface area contributed by atoms with Gasteiger partial charge in [0.1, 0.15) is 23.1 Å². The van der Waals surface area contributed by atoms with Crippen LogP contribution in [0.25, 0.3) is 0 Å². The molecular formula is C17H33N3O5. The van der Waals surface area contributed by atoms with Crippen LogP contribution >= 0.6 is 0 Å². The molecule has 8 heteroatoms. The zero-order chi connectivity index (χ0) is 19.7. The maximum atomic E-state index is 12.3. The first-order valence-corrected chi connectivity index (χ1v) is 8.47. The zero-order valence-corrected chi connectivity index (χ0v) is 16.4. The van der Waals surface area contributed by atoms with Crippen molar-refractivity contribution >= 4 is 17.9 Å². The van der Waals surface area contributed by atoms with Crippen molar-refractivity contribution in [3.8, 4) is 0 Å². The summed E-state index contributed by atoms with van der Waals surface area (Å²) >= 11 is 0. The molecule has 0 aliphatic heterocycles. The molecule has 0 bridgehead atoms. The van der Waals surface area contributed by atoms with E-state index >= 15 is 0 Å². The van der Waals surface area contributed by atoms with E-state index in [9.17, 15) is 9.59 Å². The molecular weight excluding hydrogens is 326 g/mol. The predicted molar refractivity (Wildman–Crippen MR) is 95.8 cm³/mol. The van der Waals surface area contributed by atoms with Gasteiger partial charge in [-0.05, 0) is 67.7 Å². The highest BCUT2D eigenvalue weighted by Crippen LogP contribution is 2.13. The summed E-state index contributed by atoms with van der Waals surface area (Å²) < 4.78 is 10.6. The van der Waals surface area contributed by atoms with Gasteiger partial charge in [0, 0.05) is 6.54 Å². The molecule has 0 spiro atoms. The van der Waals surface area contributed by atoms with Crippen molar-refractivity contribution < 1.29 is 24.3 Å². The number of hydrogen-bond acceptors (Lipinski definition) is 6. The Bertz CT molecular complexity index is 464. The van der Waals surface area contributed by atoms with Gasteiger partial charge in [-0.3, -0.25) is 15.7 Å². The number of nitrogens with one attached hydrogen (secondary N) is 2. The normalized spacial score (nSPS) is 13.8. The van der Waals surface area contributed by atoms with Crippen LogP contribution in [0.5, 0.6) is 0 Å². The molecule has 1 atom stereocenters. The van der Waals surface area contributed by atoms with Gasteiger partial charge in [0.05, 0.1) is 0 Å². The molecule has 8 nitrogen and oxygen atoms in total. The molecule has 0 fully saturated rings. The largest absolute Gasteiger partial charge is 0.458 e. The van der Waals surface area contributed by atoms with Crippen LogP contribution in [0.4, 0.5) is 4.79 Å². The molecule has 0 radical (unpaired) electrons. The highest BCUT2D eigenvalue weighted by atomic mass is 16.6. The molecule has 146 valence electrons. The Labute approximate surface area is 150 Å². The van der Waals surface area contributed by atoms with E-state index in [-0.39, 0.29) is 0 Å². The summed E-state index contributed by atoms with van der Waals surface area (Å²) in [6.45, 7) is 12.7. The lowest BCUT2D eigenvalue weighted by atomic mass is 10.1. The predicted octanol–water partition coefficient (Wildman–Crippen LogP) is 2.79. The molecule has 25 heavy (non-hydrogen) atoms. The number of ether oxygens (including phenoxy) is 2. The van der Waals surface area contributed by atoms with Crippen LogP contribution < -0.4 is 10.8 Å². The Kier molecular flexibility index (Phi) is 9.48. The topological polar surface area (TPSA) is 109 Å². The number of rotatable bonds is 7. The lowest BCUT2D eigenvalue weighted by Crippen LogP contribution is -2.46. The van der Waals surface area contributed by atoms with Crippen LogP contribution in [0.2, 0.25) is 0 Å². The maximum absolute atomic E-state index is 12.3. The van der Waals surface area contributed by atoms with E-state index in [4.69, 9.17) is 14.7 Å². The van der Waals surface area contributed by atoms with Gasteiger partial charge in [0.2, 0.25) is 0 Å². The van der Waals surface area contributed by atoms with Crippen molar-refractivity contribution in [2.24, 2.45) is 4.99 Å². The van der Waals surface area contributed by atoms with Gasteiger partial charge in [-0.15, -0.1) is 0 Å². The van der Waals surface area contributed by atoms with Crippen molar-refractivity contribution in [1.82, 2.24) is 10.8 Å². The first-order chi connectivity index (χ1) is 11.3. The fraction of sp³-hybridized carbons (Fsp3) is 0.824. The van der Waals surface area contributed by atoms with E-state index in [2.05, 4.69) is 10.3 Å². The minimum Gasteiger partial charge on any atom is -0.458 e. The molecule has 0 rings (SSSR count). The molecule has 0 heterocycles. The van der Waals surface area contributed by atoms with Crippen LogP contribution in [0.15, 0.2) is 4.99 Å². The van der Waals surface area contributed by atoms with Gasteiger partial charge in [-0.25, -0.2) is 9.59 Å². The third-order valence-corrected chi connectivity index (χ3v) is 2.79. The van der Waals surface area contributed by atoms with Crippen molar-refractivity contribution in [2.75, 3.05) is 6.54 Å². The number of amidine groups is 1. The summed E-state index contributed by atoms with van der Waals surface area (Å²) in [4.78, 5) is 28.4. The van der Waals surface area contributed by atoms with E-state index in [0.717, 1.165) is 0 Å². The fourth-order valence-corrected chi connectivity index (χ4v) is 1.81. The number of carbonyl (C=O) groups is 2. The molecule has 0 aromatic carbocycles. The minimum atomic E-state index is -0.782. The number of aliphatic imine (C=N–C) groups is 1. The van der Waals surface area contributed by atoms with Crippen LogP contribution in [0.1, 0.15) is 67.7 Å². The van der Waals surface area contributed by atoms with Crippen molar-refractivity contribution in [1.29, 1.82) is 0 Å². The number of esters is 1. The van der Waals surface area contributed by atoms with E-state index in [0.29, 0.717) is 31.6 Å². The van der Waals surface area contributed by atoms with Crippen LogP contribution in [0, 0.1) is 0 Å². The molecule has 0 aliphatic rings. The summed E-state index contributed by atoms with van der Waals surface area (Å²) in [5, 5.41) is 11.2. The molecule has 0 saturated heterocycles. The Hall–Kier alpha value is -1.83. The number of amides is 1. The second-order valence-electron chi connectivity index (χ2n) is 7.81. The number of hydrogen-bond donors (Lipinski definition) is 3. The highest BCUT2D eigenvalue weighted by molar-refractivity contribution is 5.81. The van der Waals surface area contributed by atoms with Gasteiger partial charge in [0.25, 0.3) is 0 Å². The lowest BCUT2D eigenvalue weighted by molar-refractivity contribution is -0.157. The standard InChI is InChI=1S/C17H33N3O5/c1-12(20-23)18-11-9-8-10-13(14(21)24-16(2,3)4)19-15(22)25-17(5,6)7/h13,23H,8-11H2,1-7H3,(H,18,20)(H,19,22)/t13-/m0/s1. The van der Waals surface area contributed by atoms with Gasteiger partial charge >= 0.3 is 12.1 Å². The Morgan fingerprint density at radius 2 is 1.60 bits per heavy atom. The monoisotopic (exact) mass is 359 g/mol. The summed E-state index contributed by atoms with van der Waals surface area (Å²) in [6, 6.07) is -0.782. The molecule has 0 aliphatic carbocycles. The summed E-state index contributed by atoms with van der Waals surface area (Å²) in [7, 11) is 0. The number of hydroxylamine groups is 1. The maximum Gasteiger partial charge on any atom is 0.408 e. The SMILES string of the molecule is CC(=NCCCC[C@H](NC(=O)OC(C)(C)C)C(=O)OC(C)(C)C)NO. The molecule has 0 saturated carbocycles. The zero-order valence-electron chi connectivity index (χ0n) is 16.4. The third kappa shape index (κ3) is 13.2. The number of alkyl carbamates (subject to hydrolysis) is 1. The van der Waals surface area contributed by atoms with E-state index in [1.807, 2.05) is 5.48 Å². The van der Waals surface area contributed by atoms with Gasteiger partial charge < -0.3 is 14.8 Å². The van der Waals surface area contributed by atoms with Gasteiger partial charge in [-0.1, -0.05) is 0 Å². The molecule has 0 aromatic rings. The van der Waals surface area contributed by atoms with Crippen LogP contribution in [-0.4, -0.2) is 46.9 Å². The average Bonchev–Trinajstić information content (AvgIpc) is 2.41. The second kappa shape index (κ2) is 10.2. The van der Waals surface area contributed by atoms with Crippen LogP contribution in [0.3, 0.4) is 0 Å². The van der Waals surface area contributed by atoms with Crippen molar-refractivity contribution in [3.63, 3.8) is 0 Å². The van der Waals surface area contributed by atoms with E-state index < -0.39 is 29.3 Å². The van der Waals surface area contributed by atoms with Crippen molar-refractivity contribution in [2.45, 2.75) is 85.0 Å². The highest BCUT2D eigenvalue weighted by Gasteiger charge is 2.28. The van der Waals surface area contributed by atoms with Crippen LogP contribution in [-0.2, 0) is 14.3 Å². The molecule has 0 unspecified atom stereocenters. The van der Waals surface area contributed by atoms with Crippen molar-refractivity contribution in [3.05, 3.63) is 0 Å². The quantitative estimate of drug-likeness (QED) is 0.212. The summed E-state index contributed by atoms with van der Waals surface area (Å²) in [5.41, 5.74) is 0.672. The Morgan fingerprint density at radius 1 is 1.04 bits per heavy atom. The number of unbranched alkanes of at least 4 members (excludes halogenated alkanes) is 1. The lowest BCUT2D eigenvalue weighted by Gasteiger charge is -2.26. The first kappa shape index (κ1) is 23.2. The average molecular weight is 359 g/mol. The summed E-state index contributed by atoms with van der Waals surface area (Å²) in [6.07, 6.45) is 1.12. The third-order valence-electron chi connectivity index (χ3n) is 2.79. The second-order valence-corrected chi connectivity index (χ2v) is 7.81. The molecule has 1 amide bonds. The fourth-order valence-electron chi connectivity index (χ4n) is 1.81. The van der Waals surface area contributed by atoms with Gasteiger partial charge in [0.15, 0.2) is 0 Å².